The van der Waals surface area contributed by atoms with E-state index in [1.54, 1.807) is 11.8 Å². The second kappa shape index (κ2) is 5.95. The number of hydrogen-bond acceptors (Lipinski definition) is 4. The molecule has 0 fully saturated rings. The summed E-state index contributed by atoms with van der Waals surface area (Å²) in [5.74, 6) is 0. The molecule has 1 aliphatic heterocycles. The molecule has 4 heteroatoms. The lowest BCUT2D eigenvalue weighted by Crippen LogP contribution is -2.17. The van der Waals surface area contributed by atoms with E-state index in [-0.39, 0.29) is 0 Å². The number of nitrogens with zero attached hydrogens (tertiary/aromatic N) is 3. The summed E-state index contributed by atoms with van der Waals surface area (Å²) in [7, 11) is 2.15. The molecule has 1 aromatic heterocycles. The highest BCUT2D eigenvalue weighted by Gasteiger charge is 2.21. The van der Waals surface area contributed by atoms with Crippen molar-refractivity contribution in [2.45, 2.75) is 13.5 Å². The molecule has 0 unspecified atom stereocenters. The third-order valence-corrected chi connectivity index (χ3v) is 5.25. The molecule has 3 aromatic rings. The van der Waals surface area contributed by atoms with Crippen molar-refractivity contribution >= 4 is 39.0 Å². The summed E-state index contributed by atoms with van der Waals surface area (Å²) < 4.78 is 0. The van der Waals surface area contributed by atoms with E-state index < -0.39 is 0 Å². The van der Waals surface area contributed by atoms with Crippen molar-refractivity contribution in [1.82, 2.24) is 4.98 Å². The summed E-state index contributed by atoms with van der Waals surface area (Å²) >= 11 is 1.71. The monoisotopic (exact) mass is 333 g/mol. The summed E-state index contributed by atoms with van der Waals surface area (Å²) in [5.41, 5.74) is 6.16. The average molecular weight is 333 g/mol. The smallest absolute Gasteiger partial charge is 0.104 e. The number of pyridine rings is 1. The van der Waals surface area contributed by atoms with E-state index in [4.69, 9.17) is 4.99 Å². The van der Waals surface area contributed by atoms with Crippen molar-refractivity contribution in [2.75, 3.05) is 18.2 Å². The Morgan fingerprint density at radius 3 is 2.54 bits per heavy atom. The first-order chi connectivity index (χ1) is 11.7. The Bertz CT molecular complexity index is 948. The van der Waals surface area contributed by atoms with Crippen molar-refractivity contribution in [3.8, 4) is 0 Å². The Balaban J connectivity index is 1.84. The average Bonchev–Trinajstić information content (AvgIpc) is 2.97. The highest BCUT2D eigenvalue weighted by Crippen LogP contribution is 2.43. The molecule has 120 valence electrons. The normalized spacial score (nSPS) is 12.5. The van der Waals surface area contributed by atoms with Crippen LogP contribution in [0.4, 0.5) is 11.4 Å². The van der Waals surface area contributed by atoms with Crippen LogP contribution >= 0.6 is 11.8 Å². The van der Waals surface area contributed by atoms with Crippen LogP contribution in [0.3, 0.4) is 0 Å². The molecule has 0 bridgehead atoms. The van der Waals surface area contributed by atoms with Crippen LogP contribution in [0.5, 0.6) is 0 Å². The zero-order valence-corrected chi connectivity index (χ0v) is 14.9. The van der Waals surface area contributed by atoms with Crippen LogP contribution in [0.25, 0.3) is 10.8 Å². The maximum atomic E-state index is 4.79. The van der Waals surface area contributed by atoms with Gasteiger partial charge in [0.15, 0.2) is 0 Å². The van der Waals surface area contributed by atoms with Gasteiger partial charge in [-0.25, -0.2) is 4.99 Å². The predicted molar refractivity (Wildman–Crippen MR) is 105 cm³/mol. The molecule has 0 spiro atoms. The van der Waals surface area contributed by atoms with Gasteiger partial charge >= 0.3 is 0 Å². The number of benzene rings is 2. The molecular weight excluding hydrogens is 314 g/mol. The summed E-state index contributed by atoms with van der Waals surface area (Å²) in [5, 5.41) is 3.72. The van der Waals surface area contributed by atoms with Crippen molar-refractivity contribution in [3.63, 3.8) is 0 Å². The fourth-order valence-corrected chi connectivity index (χ4v) is 3.97. The number of aliphatic imine (C=N–C) groups is 1. The quantitative estimate of drug-likeness (QED) is 0.680. The number of anilines is 1. The van der Waals surface area contributed by atoms with Gasteiger partial charge in [-0.1, -0.05) is 12.1 Å². The van der Waals surface area contributed by atoms with E-state index >= 15 is 0 Å². The minimum atomic E-state index is 0.858. The van der Waals surface area contributed by atoms with Gasteiger partial charge in [0.2, 0.25) is 0 Å². The van der Waals surface area contributed by atoms with Crippen LogP contribution in [0.1, 0.15) is 16.7 Å². The minimum Gasteiger partial charge on any atom is -0.370 e. The van der Waals surface area contributed by atoms with Crippen LogP contribution in [0.2, 0.25) is 0 Å². The fourth-order valence-electron chi connectivity index (χ4n) is 3.39. The molecular formula is C20H19N3S. The third kappa shape index (κ3) is 2.38. The highest BCUT2D eigenvalue weighted by molar-refractivity contribution is 8.13. The Labute approximate surface area is 146 Å². The molecule has 2 heterocycles. The molecule has 0 saturated carbocycles. The highest BCUT2D eigenvalue weighted by atomic mass is 32.2. The van der Waals surface area contributed by atoms with Gasteiger partial charge in [-0.2, -0.15) is 0 Å². The van der Waals surface area contributed by atoms with Crippen molar-refractivity contribution in [2.24, 2.45) is 4.99 Å². The molecule has 0 aliphatic carbocycles. The van der Waals surface area contributed by atoms with Crippen LogP contribution in [0.15, 0.2) is 53.8 Å². The zero-order chi connectivity index (χ0) is 16.7. The van der Waals surface area contributed by atoms with Crippen LogP contribution in [-0.2, 0) is 6.54 Å². The molecule has 4 rings (SSSR count). The van der Waals surface area contributed by atoms with E-state index in [0.29, 0.717) is 0 Å². The standard InChI is InChI=1S/C20H19N3S/c1-13-4-5-15-19-16(22-20(15)24-3)6-7-17(18(13)19)23(2)12-14-8-10-21-11-9-14/h4-11H,12H2,1-3H3. The minimum absolute atomic E-state index is 0.858. The Hall–Kier alpha value is -2.33. The summed E-state index contributed by atoms with van der Waals surface area (Å²) in [6.45, 7) is 3.04. The van der Waals surface area contributed by atoms with Gasteiger partial charge in [0.1, 0.15) is 5.04 Å². The van der Waals surface area contributed by atoms with E-state index in [0.717, 1.165) is 17.3 Å². The SMILES string of the molecule is CSC1=Nc2ccc(N(C)Cc3ccncc3)c3c(C)ccc1c23. The maximum absolute atomic E-state index is 4.79. The first-order valence-corrected chi connectivity index (χ1v) is 9.21. The van der Waals surface area contributed by atoms with E-state index in [1.807, 2.05) is 12.4 Å². The first-order valence-electron chi connectivity index (χ1n) is 7.98. The zero-order valence-electron chi connectivity index (χ0n) is 14.1. The van der Waals surface area contributed by atoms with Gasteiger partial charge in [0.05, 0.1) is 5.69 Å². The van der Waals surface area contributed by atoms with Crippen LogP contribution in [-0.4, -0.2) is 23.3 Å². The van der Waals surface area contributed by atoms with Gasteiger partial charge in [-0.05, 0) is 48.6 Å². The van der Waals surface area contributed by atoms with Gasteiger partial charge < -0.3 is 4.90 Å². The Morgan fingerprint density at radius 2 is 1.79 bits per heavy atom. The number of thioether (sulfide) groups is 1. The van der Waals surface area contributed by atoms with Crippen LogP contribution in [0, 0.1) is 6.92 Å². The molecule has 24 heavy (non-hydrogen) atoms. The number of aromatic nitrogens is 1. The van der Waals surface area contributed by atoms with Gasteiger partial charge in [0.25, 0.3) is 0 Å². The van der Waals surface area contributed by atoms with Gasteiger partial charge in [-0.3, -0.25) is 4.98 Å². The number of hydrogen-bond donors (Lipinski definition) is 0. The second-order valence-corrected chi connectivity index (χ2v) is 6.91. The third-order valence-electron chi connectivity index (χ3n) is 4.55. The molecule has 0 amide bonds. The predicted octanol–water partition coefficient (Wildman–Crippen LogP) is 4.93. The lowest BCUT2D eigenvalue weighted by molar-refractivity contribution is 0.924. The Morgan fingerprint density at radius 1 is 1.00 bits per heavy atom. The van der Waals surface area contributed by atoms with E-state index in [9.17, 15) is 0 Å². The summed E-state index contributed by atoms with van der Waals surface area (Å²) in [6, 6.07) is 12.9. The van der Waals surface area contributed by atoms with Crippen molar-refractivity contribution in [1.29, 1.82) is 0 Å². The number of rotatable bonds is 3. The van der Waals surface area contributed by atoms with Gasteiger partial charge in [0, 0.05) is 48.0 Å². The molecule has 0 radical (unpaired) electrons. The lowest BCUT2D eigenvalue weighted by atomic mass is 9.98. The molecule has 1 aliphatic rings. The topological polar surface area (TPSA) is 28.5 Å². The molecule has 0 N–H and O–H groups in total. The summed E-state index contributed by atoms with van der Waals surface area (Å²) in [4.78, 5) is 11.2. The van der Waals surface area contributed by atoms with E-state index in [2.05, 4.69) is 66.5 Å². The molecule has 0 saturated heterocycles. The second-order valence-electron chi connectivity index (χ2n) is 6.12. The molecule has 2 aromatic carbocycles. The lowest BCUT2D eigenvalue weighted by Gasteiger charge is -2.23. The number of aryl methyl sites for hydroxylation is 1. The maximum Gasteiger partial charge on any atom is 0.104 e. The first kappa shape index (κ1) is 15.2. The summed E-state index contributed by atoms with van der Waals surface area (Å²) in [6.07, 6.45) is 5.79. The van der Waals surface area contributed by atoms with E-state index in [1.165, 1.54) is 33.2 Å². The molecule has 3 nitrogen and oxygen atoms in total. The van der Waals surface area contributed by atoms with Crippen LogP contribution < -0.4 is 4.90 Å². The fraction of sp³-hybridized carbons (Fsp3) is 0.200. The Kier molecular flexibility index (Phi) is 3.77. The van der Waals surface area contributed by atoms with Crippen molar-refractivity contribution < 1.29 is 0 Å². The van der Waals surface area contributed by atoms with Crippen molar-refractivity contribution in [3.05, 3.63) is 65.5 Å². The molecule has 0 atom stereocenters. The largest absolute Gasteiger partial charge is 0.370 e. The van der Waals surface area contributed by atoms with Gasteiger partial charge in [-0.15, -0.1) is 11.8 Å².